The first-order chi connectivity index (χ1) is 12.1. The lowest BCUT2D eigenvalue weighted by Crippen LogP contribution is -2.44. The Labute approximate surface area is 153 Å². The van der Waals surface area contributed by atoms with Gasteiger partial charge < -0.3 is 4.90 Å². The molecular formula is C18H25N5OS. The molecule has 0 saturated carbocycles. The Morgan fingerprint density at radius 1 is 1.32 bits per heavy atom. The van der Waals surface area contributed by atoms with Crippen LogP contribution in [0, 0.1) is 13.8 Å². The van der Waals surface area contributed by atoms with Gasteiger partial charge in [-0.15, -0.1) is 5.10 Å². The smallest absolute Gasteiger partial charge is 0.233 e. The molecular weight excluding hydrogens is 334 g/mol. The normalized spacial score (nSPS) is 17.7. The quantitative estimate of drug-likeness (QED) is 0.767. The lowest BCUT2D eigenvalue weighted by atomic mass is 10.0. The molecule has 0 bridgehead atoms. The molecule has 0 spiro atoms. The average molecular weight is 359 g/mol. The van der Waals surface area contributed by atoms with Crippen LogP contribution in [0.4, 0.5) is 0 Å². The predicted molar refractivity (Wildman–Crippen MR) is 99.0 cm³/mol. The maximum absolute atomic E-state index is 12.6. The molecule has 0 unspecified atom stereocenters. The van der Waals surface area contributed by atoms with Gasteiger partial charge in [0.15, 0.2) is 0 Å². The van der Waals surface area contributed by atoms with Crippen LogP contribution in [0.15, 0.2) is 23.4 Å². The first-order valence-corrected chi connectivity index (χ1v) is 9.87. The Hall–Kier alpha value is -1.89. The molecule has 0 radical (unpaired) electrons. The van der Waals surface area contributed by atoms with Crippen molar-refractivity contribution in [1.29, 1.82) is 0 Å². The van der Waals surface area contributed by atoms with E-state index in [1.807, 2.05) is 24.0 Å². The minimum Gasteiger partial charge on any atom is -0.339 e. The number of carbonyl (C=O) groups is 1. The summed E-state index contributed by atoms with van der Waals surface area (Å²) in [5.74, 6) is 0.564. The van der Waals surface area contributed by atoms with E-state index in [-0.39, 0.29) is 5.91 Å². The number of aryl methyl sites for hydroxylation is 2. The highest BCUT2D eigenvalue weighted by Crippen LogP contribution is 2.24. The summed E-state index contributed by atoms with van der Waals surface area (Å²) in [5, 5.41) is 12.7. The van der Waals surface area contributed by atoms with Gasteiger partial charge in [-0.1, -0.05) is 36.4 Å². The molecule has 1 saturated heterocycles. The van der Waals surface area contributed by atoms with Gasteiger partial charge in [-0.3, -0.25) is 4.79 Å². The fourth-order valence-corrected chi connectivity index (χ4v) is 4.20. The molecule has 6 nitrogen and oxygen atoms in total. The minimum atomic E-state index is 0.187. The number of piperidine rings is 1. The van der Waals surface area contributed by atoms with Crippen LogP contribution in [0.1, 0.15) is 43.7 Å². The minimum absolute atomic E-state index is 0.187. The molecule has 2 aromatic rings. The summed E-state index contributed by atoms with van der Waals surface area (Å²) >= 11 is 1.41. The molecule has 1 aliphatic heterocycles. The Balaban J connectivity index is 1.70. The topological polar surface area (TPSA) is 63.9 Å². The summed E-state index contributed by atoms with van der Waals surface area (Å²) in [7, 11) is 0. The molecule has 134 valence electrons. The van der Waals surface area contributed by atoms with Crippen molar-refractivity contribution >= 4 is 17.7 Å². The van der Waals surface area contributed by atoms with Gasteiger partial charge in [0.05, 0.1) is 11.4 Å². The third-order valence-corrected chi connectivity index (χ3v) is 5.67. The summed E-state index contributed by atoms with van der Waals surface area (Å²) in [6, 6.07) is 6.56. The summed E-state index contributed by atoms with van der Waals surface area (Å²) in [4.78, 5) is 14.7. The number of hydrogen-bond acceptors (Lipinski definition) is 5. The van der Waals surface area contributed by atoms with Crippen LogP contribution < -0.4 is 0 Å². The van der Waals surface area contributed by atoms with E-state index in [4.69, 9.17) is 0 Å². The Kier molecular flexibility index (Phi) is 5.73. The van der Waals surface area contributed by atoms with Crippen molar-refractivity contribution in [1.82, 2.24) is 25.1 Å². The number of tetrazole rings is 1. The van der Waals surface area contributed by atoms with Gasteiger partial charge in [-0.05, 0) is 61.6 Å². The molecule has 1 amide bonds. The van der Waals surface area contributed by atoms with E-state index in [2.05, 4.69) is 35.4 Å². The van der Waals surface area contributed by atoms with Crippen molar-refractivity contribution in [3.05, 3.63) is 29.3 Å². The van der Waals surface area contributed by atoms with Gasteiger partial charge in [0, 0.05) is 12.6 Å². The highest BCUT2D eigenvalue weighted by atomic mass is 32.2. The summed E-state index contributed by atoms with van der Waals surface area (Å²) in [6.45, 7) is 7.14. The van der Waals surface area contributed by atoms with Crippen molar-refractivity contribution in [2.45, 2.75) is 57.7 Å². The third-order valence-electron chi connectivity index (χ3n) is 4.76. The van der Waals surface area contributed by atoms with Gasteiger partial charge in [0.25, 0.3) is 0 Å². The Morgan fingerprint density at radius 3 is 2.92 bits per heavy atom. The zero-order valence-electron chi connectivity index (χ0n) is 15.1. The van der Waals surface area contributed by atoms with Crippen LogP contribution in [0.25, 0.3) is 5.69 Å². The van der Waals surface area contributed by atoms with Gasteiger partial charge >= 0.3 is 0 Å². The van der Waals surface area contributed by atoms with Crippen molar-refractivity contribution in [3.8, 4) is 5.69 Å². The van der Waals surface area contributed by atoms with E-state index < -0.39 is 0 Å². The van der Waals surface area contributed by atoms with Crippen LogP contribution in [0.5, 0.6) is 0 Å². The second-order valence-corrected chi connectivity index (χ2v) is 7.54. The van der Waals surface area contributed by atoms with Gasteiger partial charge in [-0.2, -0.15) is 4.68 Å². The van der Waals surface area contributed by atoms with E-state index in [9.17, 15) is 4.79 Å². The van der Waals surface area contributed by atoms with Crippen molar-refractivity contribution < 1.29 is 4.79 Å². The largest absolute Gasteiger partial charge is 0.339 e. The predicted octanol–water partition coefficient (Wildman–Crippen LogP) is 3.16. The van der Waals surface area contributed by atoms with Crippen LogP contribution >= 0.6 is 11.8 Å². The Morgan fingerprint density at radius 2 is 2.16 bits per heavy atom. The number of amides is 1. The number of rotatable bonds is 5. The number of nitrogens with zero attached hydrogens (tertiary/aromatic N) is 5. The highest BCUT2D eigenvalue weighted by molar-refractivity contribution is 7.99. The zero-order valence-corrected chi connectivity index (χ0v) is 15.9. The fourth-order valence-electron chi connectivity index (χ4n) is 3.43. The standard InChI is InChI=1S/C18H25N5OS/c1-4-15-7-5-6-10-22(15)17(24)12-25-18-19-20-21-23(18)16-9-8-13(2)11-14(16)3/h8-9,11,15H,4-7,10,12H2,1-3H3/t15-/m1/s1. The van der Waals surface area contributed by atoms with Crippen LogP contribution in [0.3, 0.4) is 0 Å². The van der Waals surface area contributed by atoms with Crippen LogP contribution in [-0.4, -0.2) is 49.4 Å². The lowest BCUT2D eigenvalue weighted by Gasteiger charge is -2.35. The molecule has 0 N–H and O–H groups in total. The monoisotopic (exact) mass is 359 g/mol. The molecule has 0 aliphatic carbocycles. The summed E-state index contributed by atoms with van der Waals surface area (Å²) in [5.41, 5.74) is 3.27. The van der Waals surface area contributed by atoms with Crippen molar-refractivity contribution in [2.75, 3.05) is 12.3 Å². The first-order valence-electron chi connectivity index (χ1n) is 8.88. The number of benzene rings is 1. The number of aromatic nitrogens is 4. The van der Waals surface area contributed by atoms with E-state index in [0.717, 1.165) is 37.1 Å². The molecule has 1 aliphatic rings. The molecule has 7 heteroatoms. The first kappa shape index (κ1) is 17.9. The van der Waals surface area contributed by atoms with Crippen LogP contribution in [0.2, 0.25) is 0 Å². The molecule has 25 heavy (non-hydrogen) atoms. The summed E-state index contributed by atoms with van der Waals surface area (Å²) in [6.07, 6.45) is 4.47. The second-order valence-electron chi connectivity index (χ2n) is 6.60. The fraction of sp³-hybridized carbons (Fsp3) is 0.556. The number of carbonyl (C=O) groups excluding carboxylic acids is 1. The maximum Gasteiger partial charge on any atom is 0.233 e. The third kappa shape index (κ3) is 4.03. The SMILES string of the molecule is CC[C@@H]1CCCCN1C(=O)CSc1nnnn1-c1ccc(C)cc1C. The maximum atomic E-state index is 12.6. The highest BCUT2D eigenvalue weighted by Gasteiger charge is 2.25. The Bertz CT molecular complexity index is 745. The number of hydrogen-bond donors (Lipinski definition) is 0. The van der Waals surface area contributed by atoms with Gasteiger partial charge in [0.2, 0.25) is 11.1 Å². The van der Waals surface area contributed by atoms with E-state index in [0.29, 0.717) is 17.0 Å². The zero-order chi connectivity index (χ0) is 17.8. The molecule has 1 atom stereocenters. The van der Waals surface area contributed by atoms with Crippen LogP contribution in [-0.2, 0) is 4.79 Å². The molecule has 2 heterocycles. The molecule has 3 rings (SSSR count). The number of likely N-dealkylation sites (tertiary alicyclic amines) is 1. The second kappa shape index (κ2) is 7.99. The van der Waals surface area contributed by atoms with Crippen molar-refractivity contribution in [3.63, 3.8) is 0 Å². The van der Waals surface area contributed by atoms with E-state index in [1.165, 1.54) is 23.7 Å². The average Bonchev–Trinajstić information content (AvgIpc) is 3.08. The molecule has 1 aromatic carbocycles. The van der Waals surface area contributed by atoms with E-state index in [1.54, 1.807) is 4.68 Å². The van der Waals surface area contributed by atoms with Gasteiger partial charge in [-0.25, -0.2) is 0 Å². The lowest BCUT2D eigenvalue weighted by molar-refractivity contribution is -0.132. The van der Waals surface area contributed by atoms with Gasteiger partial charge in [0.1, 0.15) is 0 Å². The molecule has 1 aromatic heterocycles. The molecule has 1 fully saturated rings. The summed E-state index contributed by atoms with van der Waals surface area (Å²) < 4.78 is 1.72. The van der Waals surface area contributed by atoms with E-state index >= 15 is 0 Å². The number of thioether (sulfide) groups is 1. The van der Waals surface area contributed by atoms with Crippen molar-refractivity contribution in [2.24, 2.45) is 0 Å².